The molecule has 90 valence electrons. The van der Waals surface area contributed by atoms with Gasteiger partial charge in [-0.15, -0.1) is 11.3 Å². The Labute approximate surface area is 109 Å². The predicted octanol–water partition coefficient (Wildman–Crippen LogP) is 3.83. The van der Waals surface area contributed by atoms with Crippen LogP contribution in [0.15, 0.2) is 36.4 Å². The third-order valence-corrected chi connectivity index (χ3v) is 3.93. The molecule has 0 radical (unpaired) electrons. The Morgan fingerprint density at radius 3 is 2.71 bits per heavy atom. The second kappa shape index (κ2) is 5.63. The van der Waals surface area contributed by atoms with Crippen LogP contribution in [0, 0.1) is 5.82 Å². The highest BCUT2D eigenvalue weighted by Gasteiger charge is 2.12. The number of hydrogen-bond donors (Lipinski definition) is 1. The number of halogens is 2. The molecule has 1 unspecified atom stereocenters. The van der Waals surface area contributed by atoms with Crippen LogP contribution in [-0.4, -0.2) is 6.54 Å². The highest BCUT2D eigenvalue weighted by atomic mass is 35.5. The summed E-state index contributed by atoms with van der Waals surface area (Å²) >= 11 is 7.43. The second-order valence-corrected chi connectivity index (χ2v) is 5.70. The van der Waals surface area contributed by atoms with Gasteiger partial charge in [-0.05, 0) is 42.8 Å². The molecule has 2 N–H and O–H groups in total. The van der Waals surface area contributed by atoms with E-state index in [1.165, 1.54) is 10.9 Å². The molecule has 1 nitrogen and oxygen atoms in total. The number of thiophene rings is 1. The van der Waals surface area contributed by atoms with E-state index in [1.807, 2.05) is 18.2 Å². The monoisotopic (exact) mass is 269 g/mol. The average Bonchev–Trinajstić information content (AvgIpc) is 2.72. The molecule has 0 aliphatic carbocycles. The molecule has 0 aliphatic heterocycles. The molecule has 1 atom stereocenters. The van der Waals surface area contributed by atoms with Crippen molar-refractivity contribution in [2.24, 2.45) is 5.73 Å². The summed E-state index contributed by atoms with van der Waals surface area (Å²) in [6, 6.07) is 10.5. The molecule has 4 heteroatoms. The molecular weight excluding hydrogens is 257 g/mol. The fraction of sp³-hybridized carbons (Fsp3) is 0.231. The molecule has 0 spiro atoms. The van der Waals surface area contributed by atoms with Gasteiger partial charge in [0, 0.05) is 10.8 Å². The van der Waals surface area contributed by atoms with Crippen LogP contribution in [0.25, 0.3) is 0 Å². The largest absolute Gasteiger partial charge is 0.330 e. The molecule has 1 heterocycles. The zero-order valence-corrected chi connectivity index (χ0v) is 10.8. The van der Waals surface area contributed by atoms with E-state index in [2.05, 4.69) is 0 Å². The topological polar surface area (TPSA) is 26.0 Å². The summed E-state index contributed by atoms with van der Waals surface area (Å²) in [7, 11) is 0. The predicted molar refractivity (Wildman–Crippen MR) is 71.2 cm³/mol. The van der Waals surface area contributed by atoms with Crippen molar-refractivity contribution in [3.8, 4) is 0 Å². The van der Waals surface area contributed by atoms with Gasteiger partial charge < -0.3 is 5.73 Å². The maximum absolute atomic E-state index is 13.1. The number of benzene rings is 1. The van der Waals surface area contributed by atoms with Crippen molar-refractivity contribution < 1.29 is 4.39 Å². The Hall–Kier alpha value is -0.900. The second-order valence-electron chi connectivity index (χ2n) is 3.90. The Morgan fingerprint density at radius 2 is 2.12 bits per heavy atom. The first-order chi connectivity index (χ1) is 8.19. The molecule has 0 fully saturated rings. The Bertz CT molecular complexity index is 498. The van der Waals surface area contributed by atoms with Gasteiger partial charge in [0.1, 0.15) is 5.82 Å². The molecule has 0 bridgehead atoms. The quantitative estimate of drug-likeness (QED) is 0.897. The summed E-state index contributed by atoms with van der Waals surface area (Å²) in [5.74, 6) is -0.0782. The van der Waals surface area contributed by atoms with Crippen LogP contribution in [-0.2, 0) is 6.42 Å². The van der Waals surface area contributed by atoms with Crippen LogP contribution >= 0.6 is 22.9 Å². The van der Waals surface area contributed by atoms with Crippen molar-refractivity contribution in [3.05, 3.63) is 57.0 Å². The van der Waals surface area contributed by atoms with Crippen molar-refractivity contribution >= 4 is 22.9 Å². The summed E-state index contributed by atoms with van der Waals surface area (Å²) < 4.78 is 13.9. The first-order valence-corrected chi connectivity index (χ1v) is 6.58. The van der Waals surface area contributed by atoms with Crippen LogP contribution in [0.2, 0.25) is 4.34 Å². The van der Waals surface area contributed by atoms with Crippen LogP contribution < -0.4 is 5.73 Å². The van der Waals surface area contributed by atoms with Gasteiger partial charge in [0.15, 0.2) is 0 Å². The number of hydrogen-bond acceptors (Lipinski definition) is 2. The molecular formula is C13H13ClFNS. The molecule has 0 amide bonds. The van der Waals surface area contributed by atoms with Crippen molar-refractivity contribution in [3.63, 3.8) is 0 Å². The molecule has 2 aromatic rings. The number of rotatable bonds is 4. The van der Waals surface area contributed by atoms with E-state index in [1.54, 1.807) is 23.5 Å². The lowest BCUT2D eigenvalue weighted by atomic mass is 9.95. The van der Waals surface area contributed by atoms with Crippen LogP contribution in [0.3, 0.4) is 0 Å². The Kier molecular flexibility index (Phi) is 4.15. The lowest BCUT2D eigenvalue weighted by Crippen LogP contribution is -2.14. The summed E-state index contributed by atoms with van der Waals surface area (Å²) in [6.45, 7) is 0.499. The standard InChI is InChI=1S/C13H13ClFNS/c14-13-5-4-12(17-13)7-10(8-16)9-2-1-3-11(15)6-9/h1-6,10H,7-8,16H2. The molecule has 1 aromatic heterocycles. The van der Waals surface area contributed by atoms with E-state index >= 15 is 0 Å². The minimum Gasteiger partial charge on any atom is -0.330 e. The Balaban J connectivity index is 2.16. The third-order valence-electron chi connectivity index (χ3n) is 2.68. The molecule has 1 aromatic carbocycles. The van der Waals surface area contributed by atoms with Crippen LogP contribution in [0.5, 0.6) is 0 Å². The smallest absolute Gasteiger partial charge is 0.123 e. The SMILES string of the molecule is NCC(Cc1ccc(Cl)s1)c1cccc(F)c1. The minimum absolute atomic E-state index is 0.139. The van der Waals surface area contributed by atoms with E-state index in [0.717, 1.165) is 16.3 Å². The highest BCUT2D eigenvalue weighted by molar-refractivity contribution is 7.16. The minimum atomic E-state index is -0.217. The first-order valence-electron chi connectivity index (χ1n) is 5.39. The normalized spacial score (nSPS) is 12.6. The molecule has 17 heavy (non-hydrogen) atoms. The van der Waals surface area contributed by atoms with Crippen molar-refractivity contribution in [1.29, 1.82) is 0 Å². The van der Waals surface area contributed by atoms with Crippen molar-refractivity contribution in [2.45, 2.75) is 12.3 Å². The maximum Gasteiger partial charge on any atom is 0.123 e. The van der Waals surface area contributed by atoms with Gasteiger partial charge in [0.25, 0.3) is 0 Å². The van der Waals surface area contributed by atoms with Gasteiger partial charge in [-0.25, -0.2) is 4.39 Å². The fourth-order valence-corrected chi connectivity index (χ4v) is 2.97. The van der Waals surface area contributed by atoms with Gasteiger partial charge in [-0.1, -0.05) is 23.7 Å². The molecule has 2 rings (SSSR count). The highest BCUT2D eigenvalue weighted by Crippen LogP contribution is 2.27. The lowest BCUT2D eigenvalue weighted by molar-refractivity contribution is 0.617. The summed E-state index contributed by atoms with van der Waals surface area (Å²) in [4.78, 5) is 1.18. The summed E-state index contributed by atoms with van der Waals surface area (Å²) in [5.41, 5.74) is 6.70. The van der Waals surface area contributed by atoms with E-state index in [0.29, 0.717) is 6.54 Å². The zero-order chi connectivity index (χ0) is 12.3. The van der Waals surface area contributed by atoms with E-state index in [9.17, 15) is 4.39 Å². The average molecular weight is 270 g/mol. The lowest BCUT2D eigenvalue weighted by Gasteiger charge is -2.14. The molecule has 0 saturated carbocycles. The van der Waals surface area contributed by atoms with Crippen molar-refractivity contribution in [1.82, 2.24) is 0 Å². The summed E-state index contributed by atoms with van der Waals surface area (Å²) in [5, 5.41) is 0. The third kappa shape index (κ3) is 3.28. The van der Waals surface area contributed by atoms with Crippen LogP contribution in [0.1, 0.15) is 16.4 Å². The first kappa shape index (κ1) is 12.6. The zero-order valence-electron chi connectivity index (χ0n) is 9.20. The van der Waals surface area contributed by atoms with Gasteiger partial charge in [0.05, 0.1) is 4.34 Å². The van der Waals surface area contributed by atoms with Gasteiger partial charge in [0.2, 0.25) is 0 Å². The summed E-state index contributed by atoms with van der Waals surface area (Å²) in [6.07, 6.45) is 0.803. The Morgan fingerprint density at radius 1 is 1.29 bits per heavy atom. The van der Waals surface area contributed by atoms with E-state index < -0.39 is 0 Å². The van der Waals surface area contributed by atoms with E-state index in [4.69, 9.17) is 17.3 Å². The molecule has 0 saturated heterocycles. The van der Waals surface area contributed by atoms with E-state index in [-0.39, 0.29) is 11.7 Å². The van der Waals surface area contributed by atoms with Gasteiger partial charge >= 0.3 is 0 Å². The van der Waals surface area contributed by atoms with Crippen LogP contribution in [0.4, 0.5) is 4.39 Å². The van der Waals surface area contributed by atoms with Crippen molar-refractivity contribution in [2.75, 3.05) is 6.54 Å². The molecule has 0 aliphatic rings. The van der Waals surface area contributed by atoms with Gasteiger partial charge in [-0.2, -0.15) is 0 Å². The fourth-order valence-electron chi connectivity index (χ4n) is 1.80. The maximum atomic E-state index is 13.1. The van der Waals surface area contributed by atoms with Gasteiger partial charge in [-0.3, -0.25) is 0 Å². The number of nitrogens with two attached hydrogens (primary N) is 1.